The first-order chi connectivity index (χ1) is 6.72. The van der Waals surface area contributed by atoms with Crippen LogP contribution in [-0.2, 0) is 14.3 Å². The number of hydrogen-bond acceptors (Lipinski definition) is 4. The molecule has 1 heterocycles. The second-order valence-electron chi connectivity index (χ2n) is 3.75. The molecular weight excluding hydrogens is 182 g/mol. The highest BCUT2D eigenvalue weighted by Gasteiger charge is 2.19. The highest BCUT2D eigenvalue weighted by molar-refractivity contribution is 5.70. The molecule has 1 rings (SSSR count). The molecule has 4 heteroatoms. The molecule has 0 saturated carbocycles. The Balaban J connectivity index is 2.14. The number of rotatable bonds is 5. The summed E-state index contributed by atoms with van der Waals surface area (Å²) in [4.78, 5) is 11.4. The van der Waals surface area contributed by atoms with E-state index in [1.165, 1.54) is 0 Å². The van der Waals surface area contributed by atoms with E-state index in [0.717, 1.165) is 19.4 Å². The molecule has 0 spiro atoms. The van der Waals surface area contributed by atoms with Crippen molar-refractivity contribution in [1.29, 1.82) is 0 Å². The zero-order valence-corrected chi connectivity index (χ0v) is 8.91. The highest BCUT2D eigenvalue weighted by Crippen LogP contribution is 2.09. The van der Waals surface area contributed by atoms with Crippen LogP contribution in [0.3, 0.4) is 0 Å². The van der Waals surface area contributed by atoms with E-state index in [-0.39, 0.29) is 12.1 Å². The van der Waals surface area contributed by atoms with Crippen molar-refractivity contribution in [2.75, 3.05) is 20.3 Å². The first-order valence-electron chi connectivity index (χ1n) is 5.14. The molecule has 0 aromatic carbocycles. The van der Waals surface area contributed by atoms with Crippen LogP contribution in [0.1, 0.15) is 26.2 Å². The van der Waals surface area contributed by atoms with E-state index in [1.807, 2.05) is 6.92 Å². The lowest BCUT2D eigenvalue weighted by Crippen LogP contribution is -2.28. The van der Waals surface area contributed by atoms with Crippen LogP contribution in [0, 0.1) is 0 Å². The van der Waals surface area contributed by atoms with Crippen LogP contribution in [0.15, 0.2) is 0 Å². The lowest BCUT2D eigenvalue weighted by Gasteiger charge is -2.14. The summed E-state index contributed by atoms with van der Waals surface area (Å²) in [6, 6.07) is 0.317. The van der Waals surface area contributed by atoms with E-state index in [0.29, 0.717) is 19.1 Å². The molecule has 1 fully saturated rings. The van der Waals surface area contributed by atoms with E-state index in [1.54, 1.807) is 7.11 Å². The van der Waals surface area contributed by atoms with Gasteiger partial charge < -0.3 is 14.8 Å². The minimum atomic E-state index is -0.145. The molecule has 4 nitrogen and oxygen atoms in total. The minimum absolute atomic E-state index is 0.131. The lowest BCUT2D eigenvalue weighted by molar-refractivity contribution is -0.151. The van der Waals surface area contributed by atoms with Crippen molar-refractivity contribution in [2.45, 2.75) is 38.3 Å². The maximum atomic E-state index is 11.4. The Bertz CT molecular complexity index is 178. The van der Waals surface area contributed by atoms with Crippen molar-refractivity contribution in [3.63, 3.8) is 0 Å². The summed E-state index contributed by atoms with van der Waals surface area (Å²) >= 11 is 0. The van der Waals surface area contributed by atoms with Gasteiger partial charge in [0.15, 0.2) is 0 Å². The first kappa shape index (κ1) is 11.5. The van der Waals surface area contributed by atoms with Gasteiger partial charge in [0.2, 0.25) is 0 Å². The maximum Gasteiger partial charge on any atom is 0.307 e. The van der Waals surface area contributed by atoms with Crippen LogP contribution in [0.25, 0.3) is 0 Å². The molecule has 0 bridgehead atoms. The van der Waals surface area contributed by atoms with Crippen molar-refractivity contribution in [1.82, 2.24) is 5.32 Å². The number of hydrogen-bond donors (Lipinski definition) is 1. The molecule has 0 aromatic rings. The van der Waals surface area contributed by atoms with Gasteiger partial charge in [-0.05, 0) is 26.3 Å². The monoisotopic (exact) mass is 201 g/mol. The number of carbonyl (C=O) groups excluding carboxylic acids is 1. The predicted octanol–water partition coefficient (Wildman–Crippen LogP) is 0.707. The maximum absolute atomic E-state index is 11.4. The van der Waals surface area contributed by atoms with E-state index >= 15 is 0 Å². The molecular formula is C10H19NO3. The normalized spacial score (nSPS) is 23.4. The molecule has 0 aromatic heterocycles. The van der Waals surface area contributed by atoms with Gasteiger partial charge in [0.1, 0.15) is 6.10 Å². The van der Waals surface area contributed by atoms with Crippen LogP contribution in [0.2, 0.25) is 0 Å². The molecule has 2 unspecified atom stereocenters. The van der Waals surface area contributed by atoms with Crippen molar-refractivity contribution in [2.24, 2.45) is 0 Å². The Hall–Kier alpha value is -0.610. The Labute approximate surface area is 85.0 Å². The third-order valence-corrected chi connectivity index (χ3v) is 2.31. The quantitative estimate of drug-likeness (QED) is 0.665. The Morgan fingerprint density at radius 1 is 1.64 bits per heavy atom. The molecule has 1 aliphatic rings. The summed E-state index contributed by atoms with van der Waals surface area (Å²) in [6.07, 6.45) is 2.57. The summed E-state index contributed by atoms with van der Waals surface area (Å²) in [6.45, 7) is 3.32. The van der Waals surface area contributed by atoms with Gasteiger partial charge in [0, 0.05) is 13.2 Å². The van der Waals surface area contributed by atoms with Gasteiger partial charge in [-0.2, -0.15) is 0 Å². The van der Waals surface area contributed by atoms with Crippen LogP contribution >= 0.6 is 0 Å². The van der Waals surface area contributed by atoms with Crippen molar-refractivity contribution in [3.8, 4) is 0 Å². The van der Waals surface area contributed by atoms with Gasteiger partial charge in [-0.3, -0.25) is 4.79 Å². The summed E-state index contributed by atoms with van der Waals surface area (Å²) < 4.78 is 10.0. The average molecular weight is 201 g/mol. The van der Waals surface area contributed by atoms with E-state index in [9.17, 15) is 4.79 Å². The SMILES string of the molecule is COCC(C)OC(=O)CC1CCCN1. The predicted molar refractivity (Wildman–Crippen MR) is 53.1 cm³/mol. The zero-order valence-electron chi connectivity index (χ0n) is 8.91. The van der Waals surface area contributed by atoms with Crippen LogP contribution in [-0.4, -0.2) is 38.4 Å². The van der Waals surface area contributed by atoms with E-state index < -0.39 is 0 Å². The Morgan fingerprint density at radius 2 is 2.43 bits per heavy atom. The largest absolute Gasteiger partial charge is 0.460 e. The molecule has 82 valence electrons. The van der Waals surface area contributed by atoms with Crippen molar-refractivity contribution < 1.29 is 14.3 Å². The van der Waals surface area contributed by atoms with Gasteiger partial charge in [0.05, 0.1) is 13.0 Å². The van der Waals surface area contributed by atoms with Crippen molar-refractivity contribution in [3.05, 3.63) is 0 Å². The summed E-state index contributed by atoms with van der Waals surface area (Å²) in [5, 5.41) is 3.26. The second kappa shape index (κ2) is 5.98. The van der Waals surface area contributed by atoms with Crippen LogP contribution < -0.4 is 5.32 Å². The lowest BCUT2D eigenvalue weighted by atomic mass is 10.2. The topological polar surface area (TPSA) is 47.6 Å². The number of nitrogens with one attached hydrogen (secondary N) is 1. The molecule has 1 N–H and O–H groups in total. The number of methoxy groups -OCH3 is 1. The number of carbonyl (C=O) groups is 1. The fourth-order valence-electron chi connectivity index (χ4n) is 1.67. The molecule has 2 atom stereocenters. The van der Waals surface area contributed by atoms with Crippen molar-refractivity contribution >= 4 is 5.97 Å². The zero-order chi connectivity index (χ0) is 10.4. The number of ether oxygens (including phenoxy) is 2. The van der Waals surface area contributed by atoms with Crippen LogP contribution in [0.5, 0.6) is 0 Å². The minimum Gasteiger partial charge on any atom is -0.460 e. The summed E-state index contributed by atoms with van der Waals surface area (Å²) in [5.41, 5.74) is 0. The fourth-order valence-corrected chi connectivity index (χ4v) is 1.67. The standard InChI is InChI=1S/C10H19NO3/c1-8(7-13-2)14-10(12)6-9-4-3-5-11-9/h8-9,11H,3-7H2,1-2H3. The van der Waals surface area contributed by atoms with E-state index in [2.05, 4.69) is 5.32 Å². The van der Waals surface area contributed by atoms with Gasteiger partial charge in [-0.25, -0.2) is 0 Å². The first-order valence-corrected chi connectivity index (χ1v) is 5.14. The summed E-state index contributed by atoms with van der Waals surface area (Å²) in [7, 11) is 1.60. The molecule has 0 aliphatic carbocycles. The average Bonchev–Trinajstić information content (AvgIpc) is 2.56. The molecule has 1 aliphatic heterocycles. The fraction of sp³-hybridized carbons (Fsp3) is 0.900. The van der Waals surface area contributed by atoms with E-state index in [4.69, 9.17) is 9.47 Å². The van der Waals surface area contributed by atoms with Gasteiger partial charge in [0.25, 0.3) is 0 Å². The third-order valence-electron chi connectivity index (χ3n) is 2.31. The Morgan fingerprint density at radius 3 is 3.00 bits per heavy atom. The molecule has 0 amide bonds. The third kappa shape index (κ3) is 4.07. The Kier molecular flexibility index (Phi) is 4.90. The summed E-state index contributed by atoms with van der Waals surface area (Å²) in [5.74, 6) is -0.131. The molecule has 14 heavy (non-hydrogen) atoms. The smallest absolute Gasteiger partial charge is 0.307 e. The van der Waals surface area contributed by atoms with Gasteiger partial charge >= 0.3 is 5.97 Å². The molecule has 0 radical (unpaired) electrons. The van der Waals surface area contributed by atoms with Gasteiger partial charge in [-0.15, -0.1) is 0 Å². The molecule has 1 saturated heterocycles. The highest BCUT2D eigenvalue weighted by atomic mass is 16.6. The number of esters is 1. The van der Waals surface area contributed by atoms with Crippen LogP contribution in [0.4, 0.5) is 0 Å². The van der Waals surface area contributed by atoms with Gasteiger partial charge in [-0.1, -0.05) is 0 Å². The second-order valence-corrected chi connectivity index (χ2v) is 3.75.